The lowest BCUT2D eigenvalue weighted by Gasteiger charge is -2.40. The van der Waals surface area contributed by atoms with Crippen molar-refractivity contribution in [3.05, 3.63) is 0 Å². The molecule has 1 saturated heterocycles. The molecule has 1 unspecified atom stereocenters. The maximum atomic E-state index is 9.64. The van der Waals surface area contributed by atoms with Crippen molar-refractivity contribution in [2.45, 2.75) is 37.9 Å². The summed E-state index contributed by atoms with van der Waals surface area (Å²) in [4.78, 5) is 0. The Morgan fingerprint density at radius 1 is 1.38 bits per heavy atom. The average molecular weight is 191 g/mol. The summed E-state index contributed by atoms with van der Waals surface area (Å²) in [6.07, 6.45) is -1.96. The van der Waals surface area contributed by atoms with Crippen molar-refractivity contribution in [1.29, 1.82) is 0 Å². The van der Waals surface area contributed by atoms with Gasteiger partial charge >= 0.3 is 0 Å². The zero-order valence-electron chi connectivity index (χ0n) is 7.63. The van der Waals surface area contributed by atoms with E-state index in [1.54, 1.807) is 0 Å². The van der Waals surface area contributed by atoms with Crippen LogP contribution in [-0.4, -0.2) is 46.5 Å². The van der Waals surface area contributed by atoms with Gasteiger partial charge in [0.25, 0.3) is 0 Å². The van der Waals surface area contributed by atoms with E-state index in [9.17, 15) is 10.2 Å². The van der Waals surface area contributed by atoms with Gasteiger partial charge in [-0.25, -0.2) is 0 Å². The Morgan fingerprint density at radius 3 is 2.46 bits per heavy atom. The molecule has 0 aliphatic carbocycles. The van der Waals surface area contributed by atoms with Crippen molar-refractivity contribution >= 4 is 0 Å². The van der Waals surface area contributed by atoms with Gasteiger partial charge in [-0.05, 0) is 6.42 Å². The van der Waals surface area contributed by atoms with E-state index in [2.05, 4.69) is 0 Å². The highest BCUT2D eigenvalue weighted by atomic mass is 16.6. The third-order valence-electron chi connectivity index (χ3n) is 2.61. The Hall–Kier alpha value is -0.200. The van der Waals surface area contributed by atoms with Gasteiger partial charge in [-0.1, -0.05) is 6.92 Å². The number of ether oxygens (including phenoxy) is 1. The van der Waals surface area contributed by atoms with Crippen LogP contribution in [0.5, 0.6) is 0 Å². The summed E-state index contributed by atoms with van der Waals surface area (Å²) in [6, 6.07) is -0.581. The molecule has 1 fully saturated rings. The summed E-state index contributed by atoms with van der Waals surface area (Å²) >= 11 is 0. The maximum Gasteiger partial charge on any atom is 0.170 e. The van der Waals surface area contributed by atoms with E-state index < -0.39 is 24.5 Å². The second-order valence-electron chi connectivity index (χ2n) is 3.39. The van der Waals surface area contributed by atoms with Gasteiger partial charge in [0.05, 0.1) is 18.8 Å². The number of aliphatic hydroxyl groups is 3. The molecule has 0 aromatic heterocycles. The van der Waals surface area contributed by atoms with Crippen LogP contribution in [0.2, 0.25) is 0 Å². The van der Waals surface area contributed by atoms with E-state index >= 15 is 0 Å². The van der Waals surface area contributed by atoms with Crippen LogP contribution in [0, 0.1) is 5.92 Å². The Labute approximate surface area is 77.1 Å². The monoisotopic (exact) mass is 191 g/mol. The van der Waals surface area contributed by atoms with Gasteiger partial charge < -0.3 is 25.8 Å². The van der Waals surface area contributed by atoms with E-state index in [1.807, 2.05) is 6.92 Å². The van der Waals surface area contributed by atoms with Crippen molar-refractivity contribution < 1.29 is 20.1 Å². The summed E-state index contributed by atoms with van der Waals surface area (Å²) < 4.78 is 4.92. The van der Waals surface area contributed by atoms with Crippen molar-refractivity contribution in [3.8, 4) is 0 Å². The SMILES string of the molecule is CC[C@H]1[C@H](O)[C@@H](CO)OC(O)[C@H]1N. The smallest absolute Gasteiger partial charge is 0.170 e. The summed E-state index contributed by atoms with van der Waals surface area (Å²) in [5.41, 5.74) is 5.62. The molecule has 0 aromatic rings. The second kappa shape index (κ2) is 4.34. The van der Waals surface area contributed by atoms with Crippen molar-refractivity contribution in [1.82, 2.24) is 0 Å². The van der Waals surface area contributed by atoms with Crippen LogP contribution >= 0.6 is 0 Å². The largest absolute Gasteiger partial charge is 0.394 e. The van der Waals surface area contributed by atoms with E-state index in [0.29, 0.717) is 6.42 Å². The van der Waals surface area contributed by atoms with Crippen LogP contribution in [0.4, 0.5) is 0 Å². The third kappa shape index (κ3) is 2.00. The molecule has 5 nitrogen and oxygen atoms in total. The molecule has 0 saturated carbocycles. The van der Waals surface area contributed by atoms with Crippen LogP contribution in [0.15, 0.2) is 0 Å². The molecule has 0 bridgehead atoms. The first kappa shape index (κ1) is 10.9. The fourth-order valence-electron chi connectivity index (χ4n) is 1.73. The predicted octanol–water partition coefficient (Wildman–Crippen LogP) is -1.59. The lowest BCUT2D eigenvalue weighted by molar-refractivity contribution is -0.236. The first-order chi connectivity index (χ1) is 6.11. The van der Waals surface area contributed by atoms with E-state index in [-0.39, 0.29) is 12.5 Å². The standard InChI is InChI=1S/C8H17NO4/c1-2-4-6(9)8(12)13-5(3-10)7(4)11/h4-8,10-12H,2-3,9H2,1H3/t4-,5-,6+,7+,8?/m1/s1. The molecule has 1 aliphatic rings. The molecule has 13 heavy (non-hydrogen) atoms. The maximum absolute atomic E-state index is 9.64. The summed E-state index contributed by atoms with van der Waals surface area (Å²) in [5, 5.41) is 27.8. The Balaban J connectivity index is 2.69. The minimum absolute atomic E-state index is 0.221. The Kier molecular flexibility index (Phi) is 3.63. The van der Waals surface area contributed by atoms with Crippen LogP contribution in [-0.2, 0) is 4.74 Å². The molecule has 0 radical (unpaired) electrons. The highest BCUT2D eigenvalue weighted by Crippen LogP contribution is 2.25. The molecule has 5 atom stereocenters. The van der Waals surface area contributed by atoms with Gasteiger partial charge in [0.2, 0.25) is 0 Å². The number of aliphatic hydroxyl groups excluding tert-OH is 3. The minimum Gasteiger partial charge on any atom is -0.394 e. The molecule has 0 aromatic carbocycles. The fraction of sp³-hybridized carbons (Fsp3) is 1.00. The lowest BCUT2D eigenvalue weighted by Crippen LogP contribution is -2.58. The molecular weight excluding hydrogens is 174 g/mol. The summed E-state index contributed by atoms with van der Waals surface area (Å²) in [5.74, 6) is -0.221. The third-order valence-corrected chi connectivity index (χ3v) is 2.61. The summed E-state index contributed by atoms with van der Waals surface area (Å²) in [7, 11) is 0. The molecule has 5 heteroatoms. The molecule has 78 valence electrons. The second-order valence-corrected chi connectivity index (χ2v) is 3.39. The zero-order chi connectivity index (χ0) is 10.0. The van der Waals surface area contributed by atoms with E-state index in [1.165, 1.54) is 0 Å². The number of hydrogen-bond acceptors (Lipinski definition) is 5. The fourth-order valence-corrected chi connectivity index (χ4v) is 1.73. The predicted molar refractivity (Wildman–Crippen MR) is 45.7 cm³/mol. The first-order valence-electron chi connectivity index (χ1n) is 4.49. The lowest BCUT2D eigenvalue weighted by atomic mass is 9.86. The number of rotatable bonds is 2. The van der Waals surface area contributed by atoms with Crippen molar-refractivity contribution in [3.63, 3.8) is 0 Å². The molecule has 1 aliphatic heterocycles. The van der Waals surface area contributed by atoms with Crippen LogP contribution in [0.1, 0.15) is 13.3 Å². The topological polar surface area (TPSA) is 95.9 Å². The van der Waals surface area contributed by atoms with Gasteiger partial charge in [0.1, 0.15) is 6.10 Å². The van der Waals surface area contributed by atoms with E-state index in [0.717, 1.165) is 0 Å². The molecule has 0 amide bonds. The molecular formula is C8H17NO4. The van der Waals surface area contributed by atoms with E-state index in [4.69, 9.17) is 15.6 Å². The molecule has 5 N–H and O–H groups in total. The van der Waals surface area contributed by atoms with Crippen LogP contribution < -0.4 is 5.73 Å². The zero-order valence-corrected chi connectivity index (χ0v) is 7.63. The van der Waals surface area contributed by atoms with Gasteiger partial charge in [0.15, 0.2) is 6.29 Å². The summed E-state index contributed by atoms with van der Waals surface area (Å²) in [6.45, 7) is 1.57. The quantitative estimate of drug-likeness (QED) is 0.422. The molecule has 1 rings (SSSR count). The Morgan fingerprint density at radius 2 is 2.00 bits per heavy atom. The van der Waals surface area contributed by atoms with Crippen molar-refractivity contribution in [2.24, 2.45) is 11.7 Å². The first-order valence-corrected chi connectivity index (χ1v) is 4.49. The van der Waals surface area contributed by atoms with Crippen molar-refractivity contribution in [2.75, 3.05) is 6.61 Å². The average Bonchev–Trinajstić information content (AvgIpc) is 2.12. The van der Waals surface area contributed by atoms with Gasteiger partial charge in [-0.2, -0.15) is 0 Å². The van der Waals surface area contributed by atoms with Crippen LogP contribution in [0.3, 0.4) is 0 Å². The van der Waals surface area contributed by atoms with Crippen LogP contribution in [0.25, 0.3) is 0 Å². The number of hydrogen-bond donors (Lipinski definition) is 4. The van der Waals surface area contributed by atoms with Gasteiger partial charge in [-0.3, -0.25) is 0 Å². The normalized spacial score (nSPS) is 46.4. The highest BCUT2D eigenvalue weighted by Gasteiger charge is 2.41. The van der Waals surface area contributed by atoms with Gasteiger partial charge in [-0.15, -0.1) is 0 Å². The highest BCUT2D eigenvalue weighted by molar-refractivity contribution is 4.89. The van der Waals surface area contributed by atoms with Gasteiger partial charge in [0, 0.05) is 5.92 Å². The minimum atomic E-state index is -1.09. The number of nitrogens with two attached hydrogens (primary N) is 1. The Bertz CT molecular complexity index is 166. The molecule has 0 spiro atoms. The molecule has 1 heterocycles.